The molecule has 0 atom stereocenters. The van der Waals surface area contributed by atoms with Crippen molar-refractivity contribution in [3.8, 4) is 11.8 Å². The molecule has 2 aromatic rings. The Hall–Kier alpha value is -2.07. The van der Waals surface area contributed by atoms with Gasteiger partial charge in [-0.25, -0.2) is 0 Å². The quantitative estimate of drug-likeness (QED) is 0.832. The van der Waals surface area contributed by atoms with Crippen LogP contribution in [0.3, 0.4) is 0 Å². The molecule has 0 spiro atoms. The number of carbonyl (C=O) groups excluding carboxylic acids is 1. The van der Waals surface area contributed by atoms with Gasteiger partial charge in [0.05, 0.1) is 17.3 Å². The molecule has 0 heterocycles. The lowest BCUT2D eigenvalue weighted by atomic mass is 10.2. The van der Waals surface area contributed by atoms with Crippen molar-refractivity contribution in [1.82, 2.24) is 0 Å². The fraction of sp³-hybridized carbons (Fsp3) is 0.0667. The summed E-state index contributed by atoms with van der Waals surface area (Å²) in [5, 5.41) is 11.5. The maximum absolute atomic E-state index is 11.8. The Morgan fingerprint density at radius 1 is 1.20 bits per heavy atom. The van der Waals surface area contributed by atoms with Crippen LogP contribution in [0.25, 0.3) is 0 Å². The highest BCUT2D eigenvalue weighted by Crippen LogP contribution is 2.17. The molecule has 20 heavy (non-hydrogen) atoms. The van der Waals surface area contributed by atoms with Crippen LogP contribution in [-0.2, 0) is 4.79 Å². The lowest BCUT2D eigenvalue weighted by molar-refractivity contribution is -0.118. The fourth-order valence-electron chi connectivity index (χ4n) is 1.52. The van der Waals surface area contributed by atoms with Gasteiger partial charge < -0.3 is 10.1 Å². The zero-order valence-corrected chi connectivity index (χ0v) is 12.6. The lowest BCUT2D eigenvalue weighted by Gasteiger charge is -2.08. The zero-order valence-electron chi connectivity index (χ0n) is 10.5. The average molecular weight is 378 g/mol. The number of nitriles is 1. The number of nitrogens with zero attached hydrogens (tertiary/aromatic N) is 1. The summed E-state index contributed by atoms with van der Waals surface area (Å²) in [6, 6.07) is 16.2. The first-order valence-electron chi connectivity index (χ1n) is 5.86. The molecule has 4 nitrogen and oxygen atoms in total. The van der Waals surface area contributed by atoms with Crippen LogP contribution < -0.4 is 10.1 Å². The Morgan fingerprint density at radius 3 is 2.55 bits per heavy atom. The second-order valence-corrected chi connectivity index (χ2v) is 5.12. The number of carbonyl (C=O) groups is 1. The molecule has 100 valence electrons. The minimum atomic E-state index is -0.224. The number of anilines is 1. The van der Waals surface area contributed by atoms with Gasteiger partial charge in [0.15, 0.2) is 6.61 Å². The third-order valence-electron chi connectivity index (χ3n) is 2.50. The van der Waals surface area contributed by atoms with Crippen molar-refractivity contribution in [2.45, 2.75) is 0 Å². The number of halogens is 1. The molecule has 0 fully saturated rings. The summed E-state index contributed by atoms with van der Waals surface area (Å²) in [6.45, 7) is -0.0725. The Morgan fingerprint density at radius 2 is 1.90 bits per heavy atom. The van der Waals surface area contributed by atoms with Gasteiger partial charge in [-0.2, -0.15) is 5.26 Å². The van der Waals surface area contributed by atoms with Crippen molar-refractivity contribution in [2.75, 3.05) is 11.9 Å². The molecule has 0 saturated carbocycles. The molecule has 1 amide bonds. The number of nitrogens with one attached hydrogen (secondary N) is 1. The van der Waals surface area contributed by atoms with Gasteiger partial charge in [-0.15, -0.1) is 0 Å². The lowest BCUT2D eigenvalue weighted by Crippen LogP contribution is -2.20. The van der Waals surface area contributed by atoms with Crippen LogP contribution in [0.15, 0.2) is 48.5 Å². The molecule has 0 unspecified atom stereocenters. The molecule has 2 aromatic carbocycles. The maximum Gasteiger partial charge on any atom is 0.262 e. The first-order valence-corrected chi connectivity index (χ1v) is 6.94. The van der Waals surface area contributed by atoms with Crippen molar-refractivity contribution in [2.24, 2.45) is 0 Å². The summed E-state index contributed by atoms with van der Waals surface area (Å²) < 4.78 is 6.32. The van der Waals surface area contributed by atoms with Crippen LogP contribution in [0.4, 0.5) is 5.69 Å². The molecule has 2 rings (SSSR count). The number of rotatable bonds is 4. The van der Waals surface area contributed by atoms with Crippen molar-refractivity contribution >= 4 is 34.2 Å². The number of hydrogen-bond donors (Lipinski definition) is 1. The standard InChI is InChI=1S/C15H11IN2O2/c16-13-3-1-2-4-14(13)18-15(19)10-20-12-7-5-11(9-17)6-8-12/h1-8H,10H2,(H,18,19). The van der Waals surface area contributed by atoms with Crippen molar-refractivity contribution in [3.63, 3.8) is 0 Å². The van der Waals surface area contributed by atoms with Gasteiger partial charge in [0, 0.05) is 3.57 Å². The zero-order chi connectivity index (χ0) is 14.4. The van der Waals surface area contributed by atoms with Crippen LogP contribution >= 0.6 is 22.6 Å². The molecular formula is C15H11IN2O2. The highest BCUT2D eigenvalue weighted by atomic mass is 127. The molecule has 0 aliphatic rings. The predicted octanol–water partition coefficient (Wildman–Crippen LogP) is 3.18. The Bertz CT molecular complexity index is 648. The molecule has 0 aliphatic heterocycles. The van der Waals surface area contributed by atoms with E-state index in [-0.39, 0.29) is 12.5 Å². The third-order valence-corrected chi connectivity index (χ3v) is 3.44. The van der Waals surface area contributed by atoms with E-state index in [9.17, 15) is 4.79 Å². The first-order chi connectivity index (χ1) is 9.69. The van der Waals surface area contributed by atoms with Gasteiger partial charge in [0.2, 0.25) is 0 Å². The number of hydrogen-bond acceptors (Lipinski definition) is 3. The van der Waals surface area contributed by atoms with Crippen LogP contribution in [0.2, 0.25) is 0 Å². The van der Waals surface area contributed by atoms with Crippen LogP contribution in [0, 0.1) is 14.9 Å². The van der Waals surface area contributed by atoms with Crippen molar-refractivity contribution in [1.29, 1.82) is 5.26 Å². The van der Waals surface area contributed by atoms with Crippen LogP contribution in [-0.4, -0.2) is 12.5 Å². The Labute approximate surface area is 130 Å². The van der Waals surface area contributed by atoms with Gasteiger partial charge in [-0.05, 0) is 59.0 Å². The number of para-hydroxylation sites is 1. The fourth-order valence-corrected chi connectivity index (χ4v) is 2.05. The van der Waals surface area contributed by atoms with Crippen LogP contribution in [0.1, 0.15) is 5.56 Å². The molecule has 0 bridgehead atoms. The van der Waals surface area contributed by atoms with Crippen molar-refractivity contribution < 1.29 is 9.53 Å². The van der Waals surface area contributed by atoms with Gasteiger partial charge in [-0.3, -0.25) is 4.79 Å². The normalized spacial score (nSPS) is 9.60. The van der Waals surface area contributed by atoms with E-state index >= 15 is 0 Å². The van der Waals surface area contributed by atoms with E-state index in [1.807, 2.05) is 30.3 Å². The minimum Gasteiger partial charge on any atom is -0.484 e. The molecular weight excluding hydrogens is 367 g/mol. The second-order valence-electron chi connectivity index (χ2n) is 3.95. The topological polar surface area (TPSA) is 62.1 Å². The van der Waals surface area contributed by atoms with E-state index in [4.69, 9.17) is 10.00 Å². The van der Waals surface area contributed by atoms with E-state index in [2.05, 4.69) is 27.9 Å². The minimum absolute atomic E-state index is 0.0725. The molecule has 5 heteroatoms. The summed E-state index contributed by atoms with van der Waals surface area (Å²) >= 11 is 2.16. The van der Waals surface area contributed by atoms with Crippen molar-refractivity contribution in [3.05, 3.63) is 57.7 Å². The monoisotopic (exact) mass is 378 g/mol. The molecule has 0 aliphatic carbocycles. The van der Waals surface area contributed by atoms with Crippen LogP contribution in [0.5, 0.6) is 5.75 Å². The maximum atomic E-state index is 11.8. The summed E-state index contributed by atoms with van der Waals surface area (Å²) in [6.07, 6.45) is 0. The molecule has 0 aromatic heterocycles. The summed E-state index contributed by atoms with van der Waals surface area (Å²) in [4.78, 5) is 11.8. The van der Waals surface area contributed by atoms with Gasteiger partial charge >= 0.3 is 0 Å². The SMILES string of the molecule is N#Cc1ccc(OCC(=O)Nc2ccccc2I)cc1. The molecule has 1 N–H and O–H groups in total. The van der Waals surface area contributed by atoms with Gasteiger partial charge in [-0.1, -0.05) is 12.1 Å². The Kier molecular flexibility index (Phi) is 4.96. The summed E-state index contributed by atoms with van der Waals surface area (Å²) in [5.41, 5.74) is 1.32. The number of ether oxygens (including phenoxy) is 1. The third kappa shape index (κ3) is 3.96. The predicted molar refractivity (Wildman–Crippen MR) is 84.4 cm³/mol. The van der Waals surface area contributed by atoms with E-state index < -0.39 is 0 Å². The molecule has 0 radical (unpaired) electrons. The van der Waals surface area contributed by atoms with E-state index in [0.29, 0.717) is 11.3 Å². The first kappa shape index (κ1) is 14.3. The number of benzene rings is 2. The smallest absolute Gasteiger partial charge is 0.262 e. The number of amides is 1. The van der Waals surface area contributed by atoms with Gasteiger partial charge in [0.25, 0.3) is 5.91 Å². The second kappa shape index (κ2) is 6.91. The highest BCUT2D eigenvalue weighted by Gasteiger charge is 2.05. The van der Waals surface area contributed by atoms with Gasteiger partial charge in [0.1, 0.15) is 5.75 Å². The molecule has 0 saturated heterocycles. The van der Waals surface area contributed by atoms with E-state index in [0.717, 1.165) is 9.26 Å². The highest BCUT2D eigenvalue weighted by molar-refractivity contribution is 14.1. The summed E-state index contributed by atoms with van der Waals surface area (Å²) in [7, 11) is 0. The van der Waals surface area contributed by atoms with E-state index in [1.54, 1.807) is 24.3 Å². The Balaban J connectivity index is 1.89. The average Bonchev–Trinajstić information content (AvgIpc) is 2.48. The van der Waals surface area contributed by atoms with E-state index in [1.165, 1.54) is 0 Å². The largest absolute Gasteiger partial charge is 0.484 e. The summed E-state index contributed by atoms with van der Waals surface area (Å²) in [5.74, 6) is 0.334.